The highest BCUT2D eigenvalue weighted by Crippen LogP contribution is 2.27. The van der Waals surface area contributed by atoms with Crippen LogP contribution in [0.25, 0.3) is 0 Å². The van der Waals surface area contributed by atoms with Gasteiger partial charge < -0.3 is 20.3 Å². The first kappa shape index (κ1) is 22.7. The third-order valence-electron chi connectivity index (χ3n) is 5.24. The van der Waals surface area contributed by atoms with Crippen molar-refractivity contribution >= 4 is 23.2 Å². The Balaban J connectivity index is 1.77. The number of halogens is 1. The standard InChI is InChI=1S/C24H30FN3O3/c1-2-31-15-7-12-26-24(30)21-17-20(10-11-22(21)28-13-4-3-5-14-28)27-23(29)18-8-6-9-19(25)16-18/h6,8-11,16-17H,2-5,7,12-15H2,1H3,(H,26,30)(H,27,29). The molecule has 166 valence electrons. The van der Waals surface area contributed by atoms with Crippen LogP contribution in [0.3, 0.4) is 0 Å². The Kier molecular flexibility index (Phi) is 8.41. The van der Waals surface area contributed by atoms with Crippen LogP contribution in [0.5, 0.6) is 0 Å². The van der Waals surface area contributed by atoms with Gasteiger partial charge in [-0.2, -0.15) is 0 Å². The fourth-order valence-electron chi connectivity index (χ4n) is 3.65. The van der Waals surface area contributed by atoms with Gasteiger partial charge in [0.05, 0.1) is 5.56 Å². The monoisotopic (exact) mass is 427 g/mol. The maximum Gasteiger partial charge on any atom is 0.255 e. The lowest BCUT2D eigenvalue weighted by atomic mass is 10.1. The lowest BCUT2D eigenvalue weighted by Gasteiger charge is -2.30. The van der Waals surface area contributed by atoms with E-state index < -0.39 is 11.7 Å². The number of ether oxygens (including phenoxy) is 1. The molecule has 1 fully saturated rings. The minimum absolute atomic E-state index is 0.182. The Morgan fingerprint density at radius 1 is 1.06 bits per heavy atom. The number of carbonyl (C=O) groups is 2. The summed E-state index contributed by atoms with van der Waals surface area (Å²) >= 11 is 0. The highest BCUT2D eigenvalue weighted by molar-refractivity contribution is 6.06. The van der Waals surface area contributed by atoms with E-state index in [9.17, 15) is 14.0 Å². The minimum atomic E-state index is -0.472. The summed E-state index contributed by atoms with van der Waals surface area (Å²) in [5.74, 6) is -1.08. The van der Waals surface area contributed by atoms with Gasteiger partial charge in [-0.25, -0.2) is 4.39 Å². The molecule has 31 heavy (non-hydrogen) atoms. The van der Waals surface area contributed by atoms with Gasteiger partial charge in [-0.15, -0.1) is 0 Å². The number of piperidine rings is 1. The Labute approximate surface area is 182 Å². The molecule has 2 amide bonds. The predicted molar refractivity (Wildman–Crippen MR) is 120 cm³/mol. The van der Waals surface area contributed by atoms with Crippen LogP contribution >= 0.6 is 0 Å². The SMILES string of the molecule is CCOCCCNC(=O)c1cc(NC(=O)c2cccc(F)c2)ccc1N1CCCCC1. The van der Waals surface area contributed by atoms with E-state index in [0.29, 0.717) is 31.0 Å². The van der Waals surface area contributed by atoms with Gasteiger partial charge in [-0.3, -0.25) is 9.59 Å². The highest BCUT2D eigenvalue weighted by atomic mass is 19.1. The van der Waals surface area contributed by atoms with E-state index in [0.717, 1.165) is 38.0 Å². The van der Waals surface area contributed by atoms with E-state index in [1.807, 2.05) is 13.0 Å². The summed E-state index contributed by atoms with van der Waals surface area (Å²) in [6, 6.07) is 10.9. The first-order valence-electron chi connectivity index (χ1n) is 10.9. The molecule has 6 nitrogen and oxygen atoms in total. The van der Waals surface area contributed by atoms with E-state index in [1.54, 1.807) is 18.2 Å². The van der Waals surface area contributed by atoms with E-state index >= 15 is 0 Å². The first-order chi connectivity index (χ1) is 15.1. The molecule has 0 unspecified atom stereocenters. The van der Waals surface area contributed by atoms with Crippen LogP contribution in [0.15, 0.2) is 42.5 Å². The maximum absolute atomic E-state index is 13.4. The molecule has 2 N–H and O–H groups in total. The Morgan fingerprint density at radius 3 is 2.61 bits per heavy atom. The van der Waals surface area contributed by atoms with Crippen molar-refractivity contribution in [3.05, 3.63) is 59.4 Å². The average Bonchev–Trinajstić information content (AvgIpc) is 2.79. The summed E-state index contributed by atoms with van der Waals surface area (Å²) in [5, 5.41) is 5.72. The molecule has 1 aliphatic heterocycles. The van der Waals surface area contributed by atoms with Crippen molar-refractivity contribution in [2.45, 2.75) is 32.6 Å². The fraction of sp³-hybridized carbons (Fsp3) is 0.417. The second-order valence-electron chi connectivity index (χ2n) is 7.55. The summed E-state index contributed by atoms with van der Waals surface area (Å²) in [4.78, 5) is 27.7. The van der Waals surface area contributed by atoms with E-state index in [4.69, 9.17) is 4.74 Å². The topological polar surface area (TPSA) is 70.7 Å². The molecule has 1 saturated heterocycles. The normalized spacial score (nSPS) is 13.7. The number of nitrogens with zero attached hydrogens (tertiary/aromatic N) is 1. The predicted octanol–water partition coefficient (Wildman–Crippen LogP) is 4.22. The average molecular weight is 428 g/mol. The van der Waals surface area contributed by atoms with Crippen LogP contribution in [0, 0.1) is 5.82 Å². The number of hydrogen-bond acceptors (Lipinski definition) is 4. The molecule has 2 aromatic rings. The largest absolute Gasteiger partial charge is 0.382 e. The van der Waals surface area contributed by atoms with Crippen molar-refractivity contribution < 1.29 is 18.7 Å². The Bertz CT molecular complexity index is 897. The molecule has 0 radical (unpaired) electrons. The molecule has 0 bridgehead atoms. The Hall–Kier alpha value is -2.93. The van der Waals surface area contributed by atoms with Gasteiger partial charge in [0.25, 0.3) is 11.8 Å². The van der Waals surface area contributed by atoms with E-state index in [2.05, 4.69) is 15.5 Å². The first-order valence-corrected chi connectivity index (χ1v) is 10.9. The summed E-state index contributed by atoms with van der Waals surface area (Å²) in [5.41, 5.74) is 2.11. The number of carbonyl (C=O) groups excluding carboxylic acids is 2. The van der Waals surface area contributed by atoms with Gasteiger partial charge in [-0.1, -0.05) is 6.07 Å². The number of nitrogens with one attached hydrogen (secondary N) is 2. The van der Waals surface area contributed by atoms with Crippen LogP contribution in [0.2, 0.25) is 0 Å². The molecular formula is C24H30FN3O3. The van der Waals surface area contributed by atoms with Gasteiger partial charge in [0.15, 0.2) is 0 Å². The number of rotatable bonds is 9. The van der Waals surface area contributed by atoms with Crippen molar-refractivity contribution in [3.63, 3.8) is 0 Å². The van der Waals surface area contributed by atoms with E-state index in [-0.39, 0.29) is 11.5 Å². The number of amides is 2. The third-order valence-corrected chi connectivity index (χ3v) is 5.24. The molecule has 0 saturated carbocycles. The van der Waals surface area contributed by atoms with Crippen molar-refractivity contribution in [1.82, 2.24) is 5.32 Å². The zero-order valence-electron chi connectivity index (χ0n) is 18.0. The van der Waals surface area contributed by atoms with Crippen molar-refractivity contribution in [2.24, 2.45) is 0 Å². The summed E-state index contributed by atoms with van der Waals surface area (Å²) < 4.78 is 18.8. The molecular weight excluding hydrogens is 397 g/mol. The number of hydrogen-bond donors (Lipinski definition) is 2. The zero-order valence-corrected chi connectivity index (χ0v) is 18.0. The minimum Gasteiger partial charge on any atom is -0.382 e. The second kappa shape index (κ2) is 11.5. The number of benzene rings is 2. The lowest BCUT2D eigenvalue weighted by Crippen LogP contribution is -2.33. The smallest absolute Gasteiger partial charge is 0.255 e. The van der Waals surface area contributed by atoms with Crippen LogP contribution < -0.4 is 15.5 Å². The van der Waals surface area contributed by atoms with Crippen LogP contribution in [0.1, 0.15) is 53.3 Å². The van der Waals surface area contributed by atoms with E-state index in [1.165, 1.54) is 24.6 Å². The fourth-order valence-corrected chi connectivity index (χ4v) is 3.65. The van der Waals surface area contributed by atoms with Gasteiger partial charge >= 0.3 is 0 Å². The van der Waals surface area contributed by atoms with Crippen molar-refractivity contribution in [2.75, 3.05) is 43.1 Å². The molecule has 0 spiro atoms. The van der Waals surface area contributed by atoms with Gasteiger partial charge in [0.1, 0.15) is 5.82 Å². The van der Waals surface area contributed by atoms with Crippen molar-refractivity contribution in [3.8, 4) is 0 Å². The molecule has 1 heterocycles. The molecule has 2 aromatic carbocycles. The highest BCUT2D eigenvalue weighted by Gasteiger charge is 2.20. The molecule has 1 aliphatic rings. The van der Waals surface area contributed by atoms with Crippen LogP contribution in [-0.2, 0) is 4.74 Å². The zero-order chi connectivity index (χ0) is 22.1. The second-order valence-corrected chi connectivity index (χ2v) is 7.55. The quantitative estimate of drug-likeness (QED) is 0.588. The molecule has 0 atom stereocenters. The summed E-state index contributed by atoms with van der Waals surface area (Å²) in [6.45, 7) is 5.50. The number of anilines is 2. The molecule has 3 rings (SSSR count). The lowest BCUT2D eigenvalue weighted by molar-refractivity contribution is 0.0943. The molecule has 0 aliphatic carbocycles. The van der Waals surface area contributed by atoms with Crippen molar-refractivity contribution in [1.29, 1.82) is 0 Å². The molecule has 7 heteroatoms. The van der Waals surface area contributed by atoms with Crippen LogP contribution in [0.4, 0.5) is 15.8 Å². The van der Waals surface area contributed by atoms with Gasteiger partial charge in [-0.05, 0) is 69.0 Å². The maximum atomic E-state index is 13.4. The summed E-state index contributed by atoms with van der Waals surface area (Å²) in [6.07, 6.45) is 4.10. The van der Waals surface area contributed by atoms with Gasteiger partial charge in [0.2, 0.25) is 0 Å². The van der Waals surface area contributed by atoms with Gasteiger partial charge in [0, 0.05) is 49.8 Å². The van der Waals surface area contributed by atoms with Crippen LogP contribution in [-0.4, -0.2) is 44.7 Å². The summed E-state index contributed by atoms with van der Waals surface area (Å²) in [7, 11) is 0. The third kappa shape index (κ3) is 6.52. The Morgan fingerprint density at radius 2 is 1.87 bits per heavy atom. The molecule has 0 aromatic heterocycles.